The molecule has 7 heteroatoms. The van der Waals surface area contributed by atoms with Crippen molar-refractivity contribution in [3.05, 3.63) is 53.6 Å². The van der Waals surface area contributed by atoms with E-state index >= 15 is 0 Å². The maximum absolute atomic E-state index is 12.2. The van der Waals surface area contributed by atoms with Crippen LogP contribution in [0.5, 0.6) is 17.2 Å². The zero-order chi connectivity index (χ0) is 16.9. The first-order chi connectivity index (χ1) is 11.6. The molecule has 1 aliphatic heterocycles. The fourth-order valence-electron chi connectivity index (χ4n) is 2.21. The van der Waals surface area contributed by atoms with Crippen LogP contribution in [0.2, 0.25) is 0 Å². The minimum atomic E-state index is -1.04. The monoisotopic (exact) mass is 329 g/mol. The molecule has 0 unspecified atom stereocenters. The summed E-state index contributed by atoms with van der Waals surface area (Å²) in [6.45, 7) is 0.0358. The van der Waals surface area contributed by atoms with Crippen molar-refractivity contribution in [2.24, 2.45) is 0 Å². The van der Waals surface area contributed by atoms with Crippen molar-refractivity contribution in [2.45, 2.75) is 6.54 Å². The van der Waals surface area contributed by atoms with Gasteiger partial charge in [-0.25, -0.2) is 4.79 Å². The second-order valence-electron chi connectivity index (χ2n) is 5.08. The molecule has 0 radical (unpaired) electrons. The van der Waals surface area contributed by atoms with Crippen LogP contribution in [0.4, 0.5) is 0 Å². The van der Waals surface area contributed by atoms with Crippen LogP contribution in [0.1, 0.15) is 15.9 Å². The van der Waals surface area contributed by atoms with Crippen LogP contribution >= 0.6 is 0 Å². The van der Waals surface area contributed by atoms with Crippen molar-refractivity contribution < 1.29 is 28.9 Å². The summed E-state index contributed by atoms with van der Waals surface area (Å²) in [5.74, 6) is 0.315. The number of ether oxygens (including phenoxy) is 3. The summed E-state index contributed by atoms with van der Waals surface area (Å²) in [5.41, 5.74) is 1.27. The SMILES string of the molecule is O=C(O)COc1cccc(CNC(=O)c2ccc3c(c2)OCO3)c1. The van der Waals surface area contributed by atoms with Gasteiger partial charge in [-0.3, -0.25) is 4.79 Å². The van der Waals surface area contributed by atoms with Gasteiger partial charge >= 0.3 is 5.97 Å². The van der Waals surface area contributed by atoms with Gasteiger partial charge in [0.05, 0.1) is 0 Å². The Kier molecular flexibility index (Phi) is 4.51. The first-order valence-electron chi connectivity index (χ1n) is 7.23. The summed E-state index contributed by atoms with van der Waals surface area (Å²) in [7, 11) is 0. The fourth-order valence-corrected chi connectivity index (χ4v) is 2.21. The molecule has 0 atom stereocenters. The predicted molar refractivity (Wildman–Crippen MR) is 83.3 cm³/mol. The van der Waals surface area contributed by atoms with E-state index in [1.807, 2.05) is 6.07 Å². The lowest BCUT2D eigenvalue weighted by Gasteiger charge is -2.08. The van der Waals surface area contributed by atoms with E-state index in [0.29, 0.717) is 22.8 Å². The number of carboxylic acid groups (broad SMARTS) is 1. The lowest BCUT2D eigenvalue weighted by molar-refractivity contribution is -0.139. The highest BCUT2D eigenvalue weighted by Gasteiger charge is 2.16. The molecule has 3 rings (SSSR count). The number of hydrogen-bond acceptors (Lipinski definition) is 5. The maximum Gasteiger partial charge on any atom is 0.341 e. The Balaban J connectivity index is 1.60. The van der Waals surface area contributed by atoms with Crippen molar-refractivity contribution in [3.63, 3.8) is 0 Å². The molecule has 1 amide bonds. The normalized spacial score (nSPS) is 11.8. The van der Waals surface area contributed by atoms with Crippen molar-refractivity contribution in [1.29, 1.82) is 0 Å². The molecule has 1 heterocycles. The summed E-state index contributed by atoms with van der Waals surface area (Å²) in [4.78, 5) is 22.7. The highest BCUT2D eigenvalue weighted by Crippen LogP contribution is 2.32. The average Bonchev–Trinajstić information content (AvgIpc) is 3.06. The van der Waals surface area contributed by atoms with E-state index in [1.165, 1.54) is 0 Å². The second-order valence-corrected chi connectivity index (χ2v) is 5.08. The molecular formula is C17H15NO6. The zero-order valence-electron chi connectivity index (χ0n) is 12.7. The first-order valence-corrected chi connectivity index (χ1v) is 7.23. The second kappa shape index (κ2) is 6.91. The number of aliphatic carboxylic acids is 1. The van der Waals surface area contributed by atoms with Crippen molar-refractivity contribution in [2.75, 3.05) is 13.4 Å². The van der Waals surface area contributed by atoms with Gasteiger partial charge in [-0.2, -0.15) is 0 Å². The topological polar surface area (TPSA) is 94.1 Å². The molecule has 0 bridgehead atoms. The third-order valence-corrected chi connectivity index (χ3v) is 3.35. The minimum Gasteiger partial charge on any atom is -0.482 e. The molecule has 2 N–H and O–H groups in total. The number of carbonyl (C=O) groups excluding carboxylic acids is 1. The van der Waals surface area contributed by atoms with E-state index in [2.05, 4.69) is 5.32 Å². The van der Waals surface area contributed by atoms with Crippen LogP contribution in [0, 0.1) is 0 Å². The Bertz CT molecular complexity index is 773. The van der Waals surface area contributed by atoms with Crippen molar-refractivity contribution in [3.8, 4) is 17.2 Å². The quantitative estimate of drug-likeness (QED) is 0.839. The predicted octanol–water partition coefficient (Wildman–Crippen LogP) is 1.81. The molecule has 2 aromatic carbocycles. The number of fused-ring (bicyclic) bond motifs is 1. The third-order valence-electron chi connectivity index (χ3n) is 3.35. The van der Waals surface area contributed by atoms with E-state index in [0.717, 1.165) is 5.56 Å². The van der Waals surface area contributed by atoms with Gasteiger partial charge in [-0.1, -0.05) is 12.1 Å². The van der Waals surface area contributed by atoms with Gasteiger partial charge in [-0.15, -0.1) is 0 Å². The smallest absolute Gasteiger partial charge is 0.341 e. The molecule has 2 aromatic rings. The summed E-state index contributed by atoms with van der Waals surface area (Å²) in [6, 6.07) is 11.9. The highest BCUT2D eigenvalue weighted by atomic mass is 16.7. The number of nitrogens with one attached hydrogen (secondary N) is 1. The van der Waals surface area contributed by atoms with Gasteiger partial charge in [-0.05, 0) is 35.9 Å². The highest BCUT2D eigenvalue weighted by molar-refractivity contribution is 5.94. The maximum atomic E-state index is 12.2. The number of benzene rings is 2. The number of amides is 1. The summed E-state index contributed by atoms with van der Waals surface area (Å²) in [5, 5.41) is 11.4. The molecular weight excluding hydrogens is 314 g/mol. The van der Waals surface area contributed by atoms with Gasteiger partial charge in [0.2, 0.25) is 6.79 Å². The Morgan fingerprint density at radius 3 is 2.79 bits per heavy atom. The Labute approximate surface area is 137 Å². The molecule has 124 valence electrons. The Morgan fingerprint density at radius 2 is 1.96 bits per heavy atom. The van der Waals surface area contributed by atoms with Crippen LogP contribution in [-0.2, 0) is 11.3 Å². The standard InChI is InChI=1S/C17H15NO6/c19-16(20)9-22-13-3-1-2-11(6-13)8-18-17(21)12-4-5-14-15(7-12)24-10-23-14/h1-7H,8-10H2,(H,18,21)(H,19,20). The number of rotatable bonds is 6. The summed E-state index contributed by atoms with van der Waals surface area (Å²) >= 11 is 0. The molecule has 0 saturated heterocycles. The summed E-state index contributed by atoms with van der Waals surface area (Å²) < 4.78 is 15.6. The number of carbonyl (C=O) groups is 2. The fraction of sp³-hybridized carbons (Fsp3) is 0.176. The van der Waals surface area contributed by atoms with E-state index in [1.54, 1.807) is 36.4 Å². The minimum absolute atomic E-state index is 0.156. The summed E-state index contributed by atoms with van der Waals surface area (Å²) in [6.07, 6.45) is 0. The Hall–Kier alpha value is -3.22. The van der Waals surface area contributed by atoms with Crippen LogP contribution < -0.4 is 19.5 Å². The van der Waals surface area contributed by atoms with E-state index in [9.17, 15) is 9.59 Å². The van der Waals surface area contributed by atoms with E-state index in [4.69, 9.17) is 19.3 Å². The Morgan fingerprint density at radius 1 is 1.12 bits per heavy atom. The first kappa shape index (κ1) is 15.7. The van der Waals surface area contributed by atoms with Gasteiger partial charge in [0.1, 0.15) is 5.75 Å². The molecule has 7 nitrogen and oxygen atoms in total. The molecule has 0 aliphatic carbocycles. The van der Waals surface area contributed by atoms with Crippen LogP contribution in [0.15, 0.2) is 42.5 Å². The lowest BCUT2D eigenvalue weighted by atomic mass is 10.1. The third kappa shape index (κ3) is 3.75. The number of hydrogen-bond donors (Lipinski definition) is 2. The van der Waals surface area contributed by atoms with E-state index in [-0.39, 0.29) is 19.2 Å². The molecule has 0 saturated carbocycles. The van der Waals surface area contributed by atoms with Crippen LogP contribution in [0.25, 0.3) is 0 Å². The molecule has 0 aromatic heterocycles. The van der Waals surface area contributed by atoms with Gasteiger partial charge < -0.3 is 24.6 Å². The zero-order valence-corrected chi connectivity index (χ0v) is 12.7. The van der Waals surface area contributed by atoms with Gasteiger partial charge in [0, 0.05) is 12.1 Å². The molecule has 0 fully saturated rings. The molecule has 1 aliphatic rings. The van der Waals surface area contributed by atoms with Gasteiger partial charge in [0.15, 0.2) is 18.1 Å². The van der Waals surface area contributed by atoms with Crippen molar-refractivity contribution >= 4 is 11.9 Å². The van der Waals surface area contributed by atoms with Gasteiger partial charge in [0.25, 0.3) is 5.91 Å². The van der Waals surface area contributed by atoms with Crippen molar-refractivity contribution in [1.82, 2.24) is 5.32 Å². The molecule has 0 spiro atoms. The van der Waals surface area contributed by atoms with Crippen LogP contribution in [0.3, 0.4) is 0 Å². The van der Waals surface area contributed by atoms with Crippen LogP contribution in [-0.4, -0.2) is 30.4 Å². The number of carboxylic acids is 1. The largest absolute Gasteiger partial charge is 0.482 e. The average molecular weight is 329 g/mol. The lowest BCUT2D eigenvalue weighted by Crippen LogP contribution is -2.22. The molecule has 24 heavy (non-hydrogen) atoms. The van der Waals surface area contributed by atoms with E-state index < -0.39 is 12.6 Å².